The average molecular weight is 332 g/mol. The van der Waals surface area contributed by atoms with E-state index < -0.39 is 62.2 Å². The monoisotopic (exact) mass is 332 g/mol. The molecule has 1 rings (SSSR count). The molecule has 8 atom stereocenters. The Balaban J connectivity index is 0.000000406. The summed E-state index contributed by atoms with van der Waals surface area (Å²) in [6, 6.07) is 0. The number of rotatable bonds is 5. The first-order chi connectivity index (χ1) is 10.2. The van der Waals surface area contributed by atoms with E-state index in [9.17, 15) is 0 Å². The van der Waals surface area contributed by atoms with Crippen LogP contribution in [0.2, 0.25) is 0 Å². The summed E-state index contributed by atoms with van der Waals surface area (Å²) in [4.78, 5) is 0. The van der Waals surface area contributed by atoms with Gasteiger partial charge < -0.3 is 55.8 Å². The van der Waals surface area contributed by atoms with Gasteiger partial charge in [-0.25, -0.2) is 0 Å². The zero-order valence-corrected chi connectivity index (χ0v) is 11.6. The van der Waals surface area contributed by atoms with Crippen LogP contribution in [0.3, 0.4) is 0 Å². The highest BCUT2D eigenvalue weighted by Crippen LogP contribution is 2.12. The second-order valence-corrected chi connectivity index (χ2v) is 4.75. The van der Waals surface area contributed by atoms with E-state index >= 15 is 0 Å². The van der Waals surface area contributed by atoms with Gasteiger partial charge in [0.1, 0.15) is 42.7 Å². The van der Waals surface area contributed by atoms with Gasteiger partial charge in [0.2, 0.25) is 0 Å². The molecule has 1 fully saturated rings. The smallest absolute Gasteiger partial charge is 0.183 e. The van der Waals surface area contributed by atoms with Crippen molar-refractivity contribution in [1.82, 2.24) is 0 Å². The van der Waals surface area contributed by atoms with Crippen molar-refractivity contribution in [1.29, 1.82) is 0 Å². The van der Waals surface area contributed by atoms with Gasteiger partial charge in [-0.05, 0) is 0 Å². The third kappa shape index (κ3) is 6.36. The second-order valence-electron chi connectivity index (χ2n) is 4.75. The van der Waals surface area contributed by atoms with Crippen LogP contribution in [0.25, 0.3) is 0 Å². The molecule has 0 amide bonds. The molecular weight excluding hydrogens is 308 g/mol. The van der Waals surface area contributed by atoms with Crippen molar-refractivity contribution in [2.45, 2.75) is 49.0 Å². The number of aliphatic hydroxyl groups excluding tert-OH is 10. The first-order valence-electron chi connectivity index (χ1n) is 6.45. The summed E-state index contributed by atoms with van der Waals surface area (Å²) in [7, 11) is 0. The van der Waals surface area contributed by atoms with Crippen LogP contribution in [0.1, 0.15) is 0 Å². The van der Waals surface area contributed by atoms with Crippen LogP contribution in [0, 0.1) is 0 Å². The van der Waals surface area contributed by atoms with E-state index in [1.54, 1.807) is 0 Å². The first-order valence-corrected chi connectivity index (χ1v) is 6.45. The van der Waals surface area contributed by atoms with Crippen LogP contribution in [0.15, 0.2) is 0 Å². The summed E-state index contributed by atoms with van der Waals surface area (Å²) in [5.74, 6) is 0. The van der Waals surface area contributed by atoms with E-state index in [1.807, 2.05) is 0 Å². The Labute approximate surface area is 125 Å². The molecule has 11 nitrogen and oxygen atoms in total. The third-order valence-electron chi connectivity index (χ3n) is 2.99. The summed E-state index contributed by atoms with van der Waals surface area (Å²) in [5.41, 5.74) is 0. The van der Waals surface area contributed by atoms with E-state index in [-0.39, 0.29) is 6.61 Å². The number of hydrogen-bond donors (Lipinski definition) is 10. The molecule has 0 spiro atoms. The molecule has 0 aromatic heterocycles. The van der Waals surface area contributed by atoms with E-state index in [0.717, 1.165) is 0 Å². The van der Waals surface area contributed by atoms with Gasteiger partial charge in [-0.2, -0.15) is 0 Å². The lowest BCUT2D eigenvalue weighted by molar-refractivity contribution is -0.252. The molecule has 22 heavy (non-hydrogen) atoms. The Morgan fingerprint density at radius 2 is 1.18 bits per heavy atom. The Morgan fingerprint density at radius 3 is 1.50 bits per heavy atom. The fourth-order valence-electron chi connectivity index (χ4n) is 1.46. The predicted molar refractivity (Wildman–Crippen MR) is 68.2 cm³/mol. The summed E-state index contributed by atoms with van der Waals surface area (Å²) in [6.45, 7) is -1.61. The van der Waals surface area contributed by atoms with Crippen molar-refractivity contribution in [3.8, 4) is 0 Å². The minimum Gasteiger partial charge on any atom is -0.394 e. The Bertz CT molecular complexity index is 263. The minimum absolute atomic E-state index is 0.153. The third-order valence-corrected chi connectivity index (χ3v) is 2.99. The van der Waals surface area contributed by atoms with Crippen molar-refractivity contribution in [3.63, 3.8) is 0 Å². The van der Waals surface area contributed by atoms with Gasteiger partial charge in [0.25, 0.3) is 0 Å². The SMILES string of the molecule is OC1OC[C@@H](O)[C@H](O)[C@H]1O.OC[C@@H](O)[C@@H](O)[C@H](O)[C@@H](O)CO. The van der Waals surface area contributed by atoms with E-state index in [2.05, 4.69) is 4.74 Å². The second kappa shape index (κ2) is 10.4. The van der Waals surface area contributed by atoms with Gasteiger partial charge in [-0.1, -0.05) is 0 Å². The highest BCUT2D eigenvalue weighted by molar-refractivity contribution is 4.81. The molecule has 0 aromatic carbocycles. The molecule has 1 aliphatic rings. The molecule has 1 aliphatic heterocycles. The van der Waals surface area contributed by atoms with Gasteiger partial charge in [0.15, 0.2) is 6.29 Å². The average Bonchev–Trinajstić information content (AvgIpc) is 2.54. The minimum atomic E-state index is -1.67. The van der Waals surface area contributed by atoms with E-state index in [1.165, 1.54) is 0 Å². The summed E-state index contributed by atoms with van der Waals surface area (Å²) in [5, 5.41) is 87.4. The maximum atomic E-state index is 8.96. The van der Waals surface area contributed by atoms with Gasteiger partial charge in [-0.15, -0.1) is 0 Å². The zero-order valence-electron chi connectivity index (χ0n) is 11.6. The number of hydrogen-bond acceptors (Lipinski definition) is 11. The fourth-order valence-corrected chi connectivity index (χ4v) is 1.46. The largest absolute Gasteiger partial charge is 0.394 e. The standard InChI is InChI=1S/C6H14O6.C5H10O5/c7-1-3(9)5(11)6(12)4(10)2-8;6-2-1-10-5(9)4(8)3(2)7/h3-12H,1-2H2;2-9H,1H2/t3-,4+,5-,6-;2-,3+,4-,5?/m11/s1. The molecule has 0 bridgehead atoms. The molecule has 10 N–H and O–H groups in total. The van der Waals surface area contributed by atoms with Crippen molar-refractivity contribution in [2.24, 2.45) is 0 Å². The molecule has 0 saturated carbocycles. The quantitative estimate of drug-likeness (QED) is 0.229. The maximum absolute atomic E-state index is 8.96. The summed E-state index contributed by atoms with van der Waals surface area (Å²) >= 11 is 0. The lowest BCUT2D eigenvalue weighted by atomic mass is 10.0. The molecule has 0 aliphatic carbocycles. The summed E-state index contributed by atoms with van der Waals surface area (Å²) in [6.07, 6.45) is -11.6. The molecule has 0 aromatic rings. The predicted octanol–water partition coefficient (Wildman–Crippen LogP) is -6.17. The zero-order chi connectivity index (χ0) is 17.4. The topological polar surface area (TPSA) is 212 Å². The Morgan fingerprint density at radius 1 is 0.773 bits per heavy atom. The van der Waals surface area contributed by atoms with E-state index in [4.69, 9.17) is 51.1 Å². The van der Waals surface area contributed by atoms with Gasteiger partial charge in [0, 0.05) is 0 Å². The van der Waals surface area contributed by atoms with Crippen molar-refractivity contribution >= 4 is 0 Å². The van der Waals surface area contributed by atoms with Gasteiger partial charge in [-0.3, -0.25) is 0 Å². The molecule has 1 heterocycles. The first kappa shape index (κ1) is 21.6. The number of aliphatic hydroxyl groups is 10. The lowest BCUT2D eigenvalue weighted by Crippen LogP contribution is -2.52. The van der Waals surface area contributed by atoms with Crippen LogP contribution < -0.4 is 0 Å². The van der Waals surface area contributed by atoms with E-state index in [0.29, 0.717) is 0 Å². The highest BCUT2D eigenvalue weighted by atomic mass is 16.6. The lowest BCUT2D eigenvalue weighted by Gasteiger charge is -2.31. The van der Waals surface area contributed by atoms with Crippen LogP contribution in [0.5, 0.6) is 0 Å². The highest BCUT2D eigenvalue weighted by Gasteiger charge is 2.36. The molecule has 1 saturated heterocycles. The van der Waals surface area contributed by atoms with Gasteiger partial charge in [0.05, 0.1) is 19.8 Å². The molecule has 11 heteroatoms. The van der Waals surface area contributed by atoms with Crippen LogP contribution >= 0.6 is 0 Å². The molecular formula is C11H24O11. The van der Waals surface area contributed by atoms with Gasteiger partial charge >= 0.3 is 0 Å². The van der Waals surface area contributed by atoms with Crippen LogP contribution in [0.4, 0.5) is 0 Å². The van der Waals surface area contributed by atoms with Crippen molar-refractivity contribution in [2.75, 3.05) is 19.8 Å². The summed E-state index contributed by atoms with van der Waals surface area (Å²) < 4.78 is 4.47. The van der Waals surface area contributed by atoms with Crippen molar-refractivity contribution < 1.29 is 55.8 Å². The molecule has 0 radical (unpaired) electrons. The molecule has 134 valence electrons. The number of ether oxygens (including phenoxy) is 1. The Kier molecular flexibility index (Phi) is 10.1. The van der Waals surface area contributed by atoms with Crippen molar-refractivity contribution in [3.05, 3.63) is 0 Å². The fraction of sp³-hybridized carbons (Fsp3) is 1.00. The maximum Gasteiger partial charge on any atom is 0.183 e. The molecule has 1 unspecified atom stereocenters. The Hall–Kier alpha value is -0.440. The van der Waals surface area contributed by atoms with Crippen LogP contribution in [-0.2, 0) is 4.74 Å². The normalized spacial score (nSPS) is 34.1. The van der Waals surface area contributed by atoms with Crippen LogP contribution in [-0.4, -0.2) is 120 Å².